The van der Waals surface area contributed by atoms with Gasteiger partial charge in [0.1, 0.15) is 5.60 Å². The lowest BCUT2D eigenvalue weighted by Gasteiger charge is -2.19. The van der Waals surface area contributed by atoms with Crippen LogP contribution in [-0.4, -0.2) is 22.6 Å². The molecule has 1 aromatic heterocycles. The van der Waals surface area contributed by atoms with Gasteiger partial charge in [0, 0.05) is 0 Å². The van der Waals surface area contributed by atoms with Gasteiger partial charge >= 0.3 is 6.09 Å². The van der Waals surface area contributed by atoms with E-state index in [0.717, 1.165) is 0 Å². The number of hydrogen-bond donors (Lipinski definition) is 3. The van der Waals surface area contributed by atoms with Crippen molar-refractivity contribution in [2.45, 2.75) is 26.4 Å². The van der Waals surface area contributed by atoms with Crippen molar-refractivity contribution < 1.29 is 14.3 Å². The van der Waals surface area contributed by atoms with Crippen molar-refractivity contribution in [1.82, 2.24) is 4.98 Å². The highest BCUT2D eigenvalue weighted by atomic mass is 79.9. The number of ether oxygens (including phenoxy) is 1. The second-order valence-electron chi connectivity index (χ2n) is 4.75. The number of amides is 2. The van der Waals surface area contributed by atoms with Gasteiger partial charge in [-0.05, 0) is 42.8 Å². The fourth-order valence-electron chi connectivity index (χ4n) is 1.19. The van der Waals surface area contributed by atoms with Crippen LogP contribution in [0.3, 0.4) is 0 Å². The molecule has 0 spiro atoms. The quantitative estimate of drug-likeness (QED) is 0.764. The first kappa shape index (κ1) is 15.2. The third kappa shape index (κ3) is 4.40. The van der Waals surface area contributed by atoms with E-state index in [4.69, 9.17) is 16.2 Å². The van der Waals surface area contributed by atoms with E-state index in [0.29, 0.717) is 4.47 Å². The van der Waals surface area contributed by atoms with Crippen molar-refractivity contribution in [3.05, 3.63) is 16.2 Å². The molecule has 0 fully saturated rings. The number of nitrogens with zero attached hydrogens (tertiary/aromatic N) is 1. The number of nitrogens with one attached hydrogen (secondary N) is 1. The van der Waals surface area contributed by atoms with Crippen LogP contribution in [0.25, 0.3) is 0 Å². The zero-order valence-corrected chi connectivity index (χ0v) is 12.4. The van der Waals surface area contributed by atoms with Gasteiger partial charge in [-0.3, -0.25) is 10.1 Å². The number of hydrogen-bond acceptors (Lipinski definition) is 5. The lowest BCUT2D eigenvalue weighted by Crippen LogP contribution is -2.28. The Bertz CT molecular complexity index is 525. The molecular formula is C11H15BrN4O3. The summed E-state index contributed by atoms with van der Waals surface area (Å²) in [6.45, 7) is 5.19. The first-order chi connectivity index (χ1) is 8.60. The molecule has 19 heavy (non-hydrogen) atoms. The van der Waals surface area contributed by atoms with Crippen LogP contribution in [0, 0.1) is 0 Å². The van der Waals surface area contributed by atoms with Gasteiger partial charge in [-0.25, -0.2) is 9.78 Å². The monoisotopic (exact) mass is 330 g/mol. The highest BCUT2D eigenvalue weighted by Gasteiger charge is 2.19. The van der Waals surface area contributed by atoms with Crippen LogP contribution in [0.5, 0.6) is 0 Å². The molecule has 1 rings (SSSR count). The minimum atomic E-state index is -0.780. The molecule has 0 aliphatic heterocycles. The summed E-state index contributed by atoms with van der Waals surface area (Å²) >= 11 is 3.17. The molecule has 0 saturated heterocycles. The SMILES string of the molecule is CC(C)(C)OC(=O)Nc1nc(C(N)=O)c(N)cc1Br. The molecule has 1 aromatic rings. The smallest absolute Gasteiger partial charge is 0.413 e. The standard InChI is InChI=1S/C11H15BrN4O3/c1-11(2,3)19-10(18)16-9-5(12)4-6(13)7(15-9)8(14)17/h4H,13H2,1-3H3,(H2,14,17)(H,15,16,18). The molecule has 1 heterocycles. The molecular weight excluding hydrogens is 316 g/mol. The van der Waals surface area contributed by atoms with Crippen LogP contribution < -0.4 is 16.8 Å². The maximum absolute atomic E-state index is 11.6. The Kier molecular flexibility index (Phi) is 4.35. The van der Waals surface area contributed by atoms with Gasteiger partial charge in [0.15, 0.2) is 11.5 Å². The van der Waals surface area contributed by atoms with E-state index < -0.39 is 17.6 Å². The third-order valence-corrected chi connectivity index (χ3v) is 2.46. The normalized spacial score (nSPS) is 10.9. The number of carbonyl (C=O) groups excluding carboxylic acids is 2. The fraction of sp³-hybridized carbons (Fsp3) is 0.364. The van der Waals surface area contributed by atoms with Gasteiger partial charge in [-0.15, -0.1) is 0 Å². The molecule has 104 valence electrons. The molecule has 2 amide bonds. The summed E-state index contributed by atoms with van der Waals surface area (Å²) in [5, 5.41) is 2.41. The van der Waals surface area contributed by atoms with Crippen molar-refractivity contribution in [3.63, 3.8) is 0 Å². The minimum Gasteiger partial charge on any atom is -0.444 e. The Morgan fingerprint density at radius 1 is 1.42 bits per heavy atom. The Morgan fingerprint density at radius 2 is 2.00 bits per heavy atom. The predicted octanol–water partition coefficient (Wildman–Crippen LogP) is 1.87. The second kappa shape index (κ2) is 5.43. The van der Waals surface area contributed by atoms with Crippen LogP contribution in [0.2, 0.25) is 0 Å². The summed E-state index contributed by atoms with van der Waals surface area (Å²) in [4.78, 5) is 26.6. The summed E-state index contributed by atoms with van der Waals surface area (Å²) in [7, 11) is 0. The van der Waals surface area contributed by atoms with Crippen molar-refractivity contribution in [1.29, 1.82) is 0 Å². The van der Waals surface area contributed by atoms with Gasteiger partial charge in [0.2, 0.25) is 0 Å². The van der Waals surface area contributed by atoms with Crippen molar-refractivity contribution in [2.75, 3.05) is 11.1 Å². The van der Waals surface area contributed by atoms with Crippen LogP contribution in [0.15, 0.2) is 10.5 Å². The molecule has 0 aliphatic carbocycles. The molecule has 0 atom stereocenters. The summed E-state index contributed by atoms with van der Waals surface area (Å²) in [5.74, 6) is -0.672. The Balaban J connectivity index is 2.99. The third-order valence-electron chi connectivity index (χ3n) is 1.86. The average Bonchev–Trinajstić information content (AvgIpc) is 2.18. The summed E-state index contributed by atoms with van der Waals surface area (Å²) < 4.78 is 5.49. The van der Waals surface area contributed by atoms with E-state index in [1.807, 2.05) is 0 Å². The van der Waals surface area contributed by atoms with Crippen LogP contribution in [0.4, 0.5) is 16.3 Å². The molecule has 5 N–H and O–H groups in total. The number of primary amides is 1. The lowest BCUT2D eigenvalue weighted by molar-refractivity contribution is 0.0634. The minimum absolute atomic E-state index is 0.109. The van der Waals surface area contributed by atoms with Crippen LogP contribution in [0.1, 0.15) is 31.3 Å². The zero-order valence-electron chi connectivity index (χ0n) is 10.8. The molecule has 7 nitrogen and oxygen atoms in total. The Labute approximate surface area is 118 Å². The Hall–Kier alpha value is -1.83. The summed E-state index contributed by atoms with van der Waals surface area (Å²) in [5.41, 5.74) is 10.1. The zero-order chi connectivity index (χ0) is 14.8. The maximum Gasteiger partial charge on any atom is 0.413 e. The van der Waals surface area contributed by atoms with E-state index in [1.54, 1.807) is 20.8 Å². The number of pyridine rings is 1. The van der Waals surface area contributed by atoms with Crippen molar-refractivity contribution in [2.24, 2.45) is 5.73 Å². The number of rotatable bonds is 2. The topological polar surface area (TPSA) is 120 Å². The van der Waals surface area contributed by atoms with E-state index in [9.17, 15) is 9.59 Å². The van der Waals surface area contributed by atoms with E-state index >= 15 is 0 Å². The molecule has 0 radical (unpaired) electrons. The maximum atomic E-state index is 11.6. The van der Waals surface area contributed by atoms with Crippen molar-refractivity contribution >= 4 is 39.4 Å². The van der Waals surface area contributed by atoms with Gasteiger partial charge < -0.3 is 16.2 Å². The number of anilines is 2. The number of aromatic nitrogens is 1. The van der Waals surface area contributed by atoms with Crippen molar-refractivity contribution in [3.8, 4) is 0 Å². The average molecular weight is 331 g/mol. The molecule has 0 saturated carbocycles. The molecule has 0 aliphatic rings. The molecule has 0 bridgehead atoms. The largest absolute Gasteiger partial charge is 0.444 e. The second-order valence-corrected chi connectivity index (χ2v) is 5.60. The number of nitrogen functional groups attached to an aromatic ring is 1. The van der Waals surface area contributed by atoms with Gasteiger partial charge in [-0.2, -0.15) is 0 Å². The van der Waals surface area contributed by atoms with E-state index in [2.05, 4.69) is 26.2 Å². The molecule has 0 aromatic carbocycles. The first-order valence-corrected chi connectivity index (χ1v) is 6.15. The summed E-state index contributed by atoms with van der Waals surface area (Å²) in [6, 6.07) is 1.43. The highest BCUT2D eigenvalue weighted by Crippen LogP contribution is 2.25. The van der Waals surface area contributed by atoms with E-state index in [-0.39, 0.29) is 17.2 Å². The summed E-state index contributed by atoms with van der Waals surface area (Å²) in [6.07, 6.45) is -0.694. The predicted molar refractivity (Wildman–Crippen MR) is 74.7 cm³/mol. The number of nitrogens with two attached hydrogens (primary N) is 2. The number of carbonyl (C=O) groups is 2. The highest BCUT2D eigenvalue weighted by molar-refractivity contribution is 9.10. The number of halogens is 1. The fourth-order valence-corrected chi connectivity index (χ4v) is 1.62. The first-order valence-electron chi connectivity index (χ1n) is 5.36. The van der Waals surface area contributed by atoms with E-state index in [1.165, 1.54) is 6.07 Å². The van der Waals surface area contributed by atoms with Gasteiger partial charge in [-0.1, -0.05) is 0 Å². The molecule has 0 unspecified atom stereocenters. The van der Waals surface area contributed by atoms with Gasteiger partial charge in [0.25, 0.3) is 5.91 Å². The van der Waals surface area contributed by atoms with Crippen LogP contribution >= 0.6 is 15.9 Å². The Morgan fingerprint density at radius 3 is 2.47 bits per heavy atom. The van der Waals surface area contributed by atoms with Crippen LogP contribution in [-0.2, 0) is 4.74 Å². The lowest BCUT2D eigenvalue weighted by atomic mass is 10.2. The van der Waals surface area contributed by atoms with Gasteiger partial charge in [0.05, 0.1) is 10.2 Å². The molecule has 8 heteroatoms.